The van der Waals surface area contributed by atoms with Crippen molar-refractivity contribution in [3.8, 4) is 0 Å². The van der Waals surface area contributed by atoms with Crippen LogP contribution in [0.4, 0.5) is 15.8 Å². The van der Waals surface area contributed by atoms with Gasteiger partial charge in [0.1, 0.15) is 5.82 Å². The van der Waals surface area contributed by atoms with Gasteiger partial charge in [0.15, 0.2) is 0 Å². The molecule has 0 radical (unpaired) electrons. The maximum absolute atomic E-state index is 13.8. The second-order valence-corrected chi connectivity index (χ2v) is 4.75. The molecule has 2 nitrogen and oxygen atoms in total. The molecular weight excluding hydrogens is 263 g/mol. The number of rotatable bonds is 4. The van der Waals surface area contributed by atoms with Gasteiger partial charge >= 0.3 is 0 Å². The third-order valence-corrected chi connectivity index (χ3v) is 3.28. The summed E-state index contributed by atoms with van der Waals surface area (Å²) in [6.07, 6.45) is 0. The standard InChI is InChI=1S/C15H16ClFN2/c1-2-19(15-6-4-3-5-13(15)17)10-11-7-8-12(16)9-14(11)18/h3-9H,2,10,18H2,1H3. The number of hydrogen-bond acceptors (Lipinski definition) is 2. The Balaban J connectivity index is 2.27. The van der Waals surface area contributed by atoms with Gasteiger partial charge in [0, 0.05) is 23.8 Å². The van der Waals surface area contributed by atoms with Crippen LogP contribution < -0.4 is 10.6 Å². The summed E-state index contributed by atoms with van der Waals surface area (Å²) >= 11 is 5.88. The van der Waals surface area contributed by atoms with Crippen LogP contribution in [0.2, 0.25) is 5.02 Å². The first kappa shape index (κ1) is 13.7. The molecule has 0 atom stereocenters. The molecule has 0 aliphatic carbocycles. The summed E-state index contributed by atoms with van der Waals surface area (Å²) < 4.78 is 13.8. The van der Waals surface area contributed by atoms with Gasteiger partial charge in [-0.15, -0.1) is 0 Å². The fraction of sp³-hybridized carbons (Fsp3) is 0.200. The van der Waals surface area contributed by atoms with Gasteiger partial charge in [0.2, 0.25) is 0 Å². The van der Waals surface area contributed by atoms with Gasteiger partial charge in [-0.3, -0.25) is 0 Å². The van der Waals surface area contributed by atoms with E-state index in [-0.39, 0.29) is 5.82 Å². The van der Waals surface area contributed by atoms with Crippen LogP contribution in [-0.2, 0) is 6.54 Å². The van der Waals surface area contributed by atoms with Gasteiger partial charge in [-0.25, -0.2) is 4.39 Å². The van der Waals surface area contributed by atoms with Gasteiger partial charge < -0.3 is 10.6 Å². The van der Waals surface area contributed by atoms with Crippen molar-refractivity contribution in [1.82, 2.24) is 0 Å². The number of hydrogen-bond donors (Lipinski definition) is 1. The molecule has 4 heteroatoms. The fourth-order valence-electron chi connectivity index (χ4n) is 1.99. The second kappa shape index (κ2) is 5.93. The van der Waals surface area contributed by atoms with Gasteiger partial charge in [0.05, 0.1) is 5.69 Å². The lowest BCUT2D eigenvalue weighted by atomic mass is 10.1. The van der Waals surface area contributed by atoms with E-state index >= 15 is 0 Å². The third-order valence-electron chi connectivity index (χ3n) is 3.04. The molecule has 0 aliphatic rings. The molecule has 0 bridgehead atoms. The molecule has 0 unspecified atom stereocenters. The molecule has 0 saturated heterocycles. The molecule has 19 heavy (non-hydrogen) atoms. The van der Waals surface area contributed by atoms with Gasteiger partial charge in [-0.2, -0.15) is 0 Å². The average Bonchev–Trinajstić information content (AvgIpc) is 2.39. The van der Waals surface area contributed by atoms with E-state index in [1.165, 1.54) is 6.07 Å². The number of nitrogens with two attached hydrogens (primary N) is 1. The zero-order chi connectivity index (χ0) is 13.8. The van der Waals surface area contributed by atoms with Crippen LogP contribution in [0.5, 0.6) is 0 Å². The molecule has 0 aromatic heterocycles. The van der Waals surface area contributed by atoms with Crippen LogP contribution in [-0.4, -0.2) is 6.54 Å². The Hall–Kier alpha value is -1.74. The van der Waals surface area contributed by atoms with E-state index in [0.29, 0.717) is 29.5 Å². The number of nitrogen functional groups attached to an aromatic ring is 1. The van der Waals surface area contributed by atoms with Crippen LogP contribution in [0.25, 0.3) is 0 Å². The lowest BCUT2D eigenvalue weighted by Gasteiger charge is -2.24. The molecule has 2 rings (SSSR count). The van der Waals surface area contributed by atoms with E-state index in [9.17, 15) is 4.39 Å². The Labute approximate surface area is 117 Å². The van der Waals surface area contributed by atoms with Crippen molar-refractivity contribution in [2.24, 2.45) is 0 Å². The SMILES string of the molecule is CCN(Cc1ccc(Cl)cc1N)c1ccccc1F. The first-order valence-electron chi connectivity index (χ1n) is 6.15. The predicted molar refractivity (Wildman–Crippen MR) is 79.0 cm³/mol. The highest BCUT2D eigenvalue weighted by atomic mass is 35.5. The largest absolute Gasteiger partial charge is 0.398 e. The number of nitrogens with zero attached hydrogens (tertiary/aromatic N) is 1. The van der Waals surface area contributed by atoms with Crippen LogP contribution in [0.15, 0.2) is 42.5 Å². The topological polar surface area (TPSA) is 29.3 Å². The molecule has 0 fully saturated rings. The lowest BCUT2D eigenvalue weighted by molar-refractivity contribution is 0.618. The highest BCUT2D eigenvalue weighted by Gasteiger charge is 2.11. The highest BCUT2D eigenvalue weighted by molar-refractivity contribution is 6.30. The van der Waals surface area contributed by atoms with Crippen molar-refractivity contribution in [3.63, 3.8) is 0 Å². The molecule has 0 spiro atoms. The van der Waals surface area contributed by atoms with Crippen LogP contribution in [0.1, 0.15) is 12.5 Å². The van der Waals surface area contributed by atoms with E-state index in [1.807, 2.05) is 24.0 Å². The van der Waals surface area contributed by atoms with Gasteiger partial charge in [-0.1, -0.05) is 29.8 Å². The molecule has 0 amide bonds. The Morgan fingerprint density at radius 2 is 1.95 bits per heavy atom. The first-order valence-corrected chi connectivity index (χ1v) is 6.53. The van der Waals surface area contributed by atoms with Crippen LogP contribution >= 0.6 is 11.6 Å². The van der Waals surface area contributed by atoms with Gasteiger partial charge in [0.25, 0.3) is 0 Å². The number of halogens is 2. The maximum Gasteiger partial charge on any atom is 0.146 e. The van der Waals surface area contributed by atoms with E-state index in [1.54, 1.807) is 24.3 Å². The second-order valence-electron chi connectivity index (χ2n) is 4.31. The molecule has 0 aliphatic heterocycles. The van der Waals surface area contributed by atoms with E-state index in [2.05, 4.69) is 0 Å². The summed E-state index contributed by atoms with van der Waals surface area (Å²) in [6, 6.07) is 12.1. The number of anilines is 2. The van der Waals surface area contributed by atoms with Crippen molar-refractivity contribution in [3.05, 3.63) is 58.9 Å². The Morgan fingerprint density at radius 1 is 1.21 bits per heavy atom. The summed E-state index contributed by atoms with van der Waals surface area (Å²) in [7, 11) is 0. The van der Waals surface area contributed by atoms with E-state index in [4.69, 9.17) is 17.3 Å². The molecule has 0 heterocycles. The first-order chi connectivity index (χ1) is 9.11. The summed E-state index contributed by atoms with van der Waals surface area (Å²) in [5.74, 6) is -0.225. The zero-order valence-corrected chi connectivity index (χ0v) is 11.5. The average molecular weight is 279 g/mol. The molecule has 2 N–H and O–H groups in total. The number of para-hydroxylation sites is 1. The van der Waals surface area contributed by atoms with Gasteiger partial charge in [-0.05, 0) is 36.8 Å². The van der Waals surface area contributed by atoms with Crippen LogP contribution in [0, 0.1) is 5.82 Å². The lowest BCUT2D eigenvalue weighted by Crippen LogP contribution is -2.23. The fourth-order valence-corrected chi connectivity index (χ4v) is 2.17. The summed E-state index contributed by atoms with van der Waals surface area (Å²) in [4.78, 5) is 1.94. The molecule has 2 aromatic rings. The molecule has 2 aromatic carbocycles. The van der Waals surface area contributed by atoms with Crippen molar-refractivity contribution in [2.45, 2.75) is 13.5 Å². The summed E-state index contributed by atoms with van der Waals surface area (Å²) in [5, 5.41) is 0.607. The quantitative estimate of drug-likeness (QED) is 0.854. The van der Waals surface area contributed by atoms with Crippen molar-refractivity contribution >= 4 is 23.0 Å². The van der Waals surface area contributed by atoms with E-state index in [0.717, 1.165) is 5.56 Å². The molecular formula is C15H16ClFN2. The normalized spacial score (nSPS) is 10.5. The van der Waals surface area contributed by atoms with Crippen molar-refractivity contribution < 1.29 is 4.39 Å². The minimum atomic E-state index is -0.225. The third kappa shape index (κ3) is 3.18. The maximum atomic E-state index is 13.8. The Morgan fingerprint density at radius 3 is 2.58 bits per heavy atom. The van der Waals surface area contributed by atoms with Crippen molar-refractivity contribution in [2.75, 3.05) is 17.2 Å². The summed E-state index contributed by atoms with van der Waals surface area (Å²) in [5.41, 5.74) is 8.08. The predicted octanol–water partition coefficient (Wildman–Crippen LogP) is 4.09. The minimum absolute atomic E-state index is 0.225. The molecule has 100 valence electrons. The monoisotopic (exact) mass is 278 g/mol. The molecule has 0 saturated carbocycles. The minimum Gasteiger partial charge on any atom is -0.398 e. The summed E-state index contributed by atoms with van der Waals surface area (Å²) in [6.45, 7) is 3.24. The Kier molecular flexibility index (Phi) is 4.27. The van der Waals surface area contributed by atoms with E-state index < -0.39 is 0 Å². The highest BCUT2D eigenvalue weighted by Crippen LogP contribution is 2.24. The zero-order valence-electron chi connectivity index (χ0n) is 10.7. The Bertz CT molecular complexity index is 572. The smallest absolute Gasteiger partial charge is 0.146 e. The number of benzene rings is 2. The van der Waals surface area contributed by atoms with Crippen LogP contribution in [0.3, 0.4) is 0 Å². The van der Waals surface area contributed by atoms with Crippen molar-refractivity contribution in [1.29, 1.82) is 0 Å².